The molecule has 0 bridgehead atoms. The summed E-state index contributed by atoms with van der Waals surface area (Å²) in [7, 11) is 2.99. The molecule has 0 spiro atoms. The predicted octanol–water partition coefficient (Wildman–Crippen LogP) is 7.58. The lowest BCUT2D eigenvalue weighted by Crippen LogP contribution is -2.45. The summed E-state index contributed by atoms with van der Waals surface area (Å²) in [6, 6.07) is 24.3. The Kier molecular flexibility index (Phi) is 8.96. The minimum atomic E-state index is -0.810. The number of benzene rings is 4. The number of imidazole rings is 1. The fraction of sp³-hybridized carbons (Fsp3) is 0.270. The van der Waals surface area contributed by atoms with Crippen LogP contribution in [0.2, 0.25) is 10.0 Å². The van der Waals surface area contributed by atoms with E-state index in [4.69, 9.17) is 37.7 Å². The van der Waals surface area contributed by atoms with E-state index in [1.165, 1.54) is 13.2 Å². The molecule has 48 heavy (non-hydrogen) atoms. The number of carbonyl (C=O) groups is 2. The molecule has 0 radical (unpaired) electrons. The van der Waals surface area contributed by atoms with Crippen molar-refractivity contribution < 1.29 is 23.5 Å². The number of likely N-dealkylation sites (tertiary alicyclic amines) is 1. The van der Waals surface area contributed by atoms with Crippen LogP contribution in [0.15, 0.2) is 84.9 Å². The van der Waals surface area contributed by atoms with Gasteiger partial charge in [-0.2, -0.15) is 0 Å². The highest BCUT2D eigenvalue weighted by atomic mass is 35.5. The number of amides is 1. The van der Waals surface area contributed by atoms with Crippen molar-refractivity contribution in [1.82, 2.24) is 14.5 Å². The molecule has 2 aliphatic rings. The monoisotopic (exact) mass is 686 g/mol. The van der Waals surface area contributed by atoms with Gasteiger partial charge in [0, 0.05) is 48.8 Å². The topological polar surface area (TPSA) is 85.7 Å². The molecule has 4 aromatic carbocycles. The zero-order valence-electron chi connectivity index (χ0n) is 26.3. The van der Waals surface area contributed by atoms with Crippen molar-refractivity contribution in [3.8, 4) is 0 Å². The number of esters is 1. The summed E-state index contributed by atoms with van der Waals surface area (Å²) >= 11 is 12.7. The third kappa shape index (κ3) is 5.85. The number of carbonyl (C=O) groups excluding carboxylic acids is 2. The highest BCUT2D eigenvalue weighted by Gasteiger charge is 2.56. The van der Waals surface area contributed by atoms with Crippen LogP contribution < -0.4 is 5.32 Å². The first-order chi connectivity index (χ1) is 23.3. The first kappa shape index (κ1) is 32.3. The normalized spacial score (nSPS) is 20.4. The van der Waals surface area contributed by atoms with Gasteiger partial charge in [-0.1, -0.05) is 65.7 Å². The number of aromatic nitrogens is 2. The zero-order valence-corrected chi connectivity index (χ0v) is 27.8. The summed E-state index contributed by atoms with van der Waals surface area (Å²) < 4.78 is 28.7. The number of ether oxygens (including phenoxy) is 2. The lowest BCUT2D eigenvalue weighted by atomic mass is 9.78. The van der Waals surface area contributed by atoms with Gasteiger partial charge >= 0.3 is 5.97 Å². The number of halogens is 3. The molecule has 0 aliphatic carbocycles. The van der Waals surface area contributed by atoms with Gasteiger partial charge in [0.15, 0.2) is 0 Å². The molecule has 1 amide bonds. The number of methoxy groups -OCH3 is 2. The molecule has 4 atom stereocenters. The van der Waals surface area contributed by atoms with Crippen molar-refractivity contribution in [3.05, 3.63) is 129 Å². The van der Waals surface area contributed by atoms with Crippen LogP contribution in [0.4, 0.5) is 10.1 Å². The van der Waals surface area contributed by atoms with Crippen LogP contribution in [0.3, 0.4) is 0 Å². The highest BCUT2D eigenvalue weighted by Crippen LogP contribution is 2.53. The van der Waals surface area contributed by atoms with Crippen molar-refractivity contribution in [2.45, 2.75) is 50.0 Å². The first-order valence-electron chi connectivity index (χ1n) is 15.7. The molecule has 246 valence electrons. The van der Waals surface area contributed by atoms with Crippen LogP contribution in [0.25, 0.3) is 11.0 Å². The van der Waals surface area contributed by atoms with Gasteiger partial charge in [0.05, 0.1) is 41.4 Å². The SMILES string of the molecule is COCc1cccc(CN2[C@H]3CCn4c(nc5cc(C(=O)OC)ccc54)[C@H]3[C@H](c3cccc(Cl)c3F)[C@@H]2C(=O)Nc2cccc(Cl)c2)c1. The maximum absolute atomic E-state index is 16.2. The summed E-state index contributed by atoms with van der Waals surface area (Å²) in [6.07, 6.45) is 0.680. The van der Waals surface area contributed by atoms with E-state index in [0.717, 1.165) is 22.5 Å². The van der Waals surface area contributed by atoms with Crippen LogP contribution >= 0.6 is 23.2 Å². The standard InChI is InChI=1S/C37H33Cl2FN4O4/c1-47-20-22-7-3-6-21(16-22)19-44-30-14-15-43-29-13-12-23(37(46)48-2)17-28(29)42-35(43)32(30)31(26-10-5-11-27(39)33(26)40)34(44)36(45)41-25-9-4-8-24(38)18-25/h3-13,16-18,30-32,34H,14-15,19-20H2,1-2H3,(H,41,45)/t30-,31-,32+,34+/m0/s1. The zero-order chi connectivity index (χ0) is 33.5. The van der Waals surface area contributed by atoms with E-state index < -0.39 is 29.7 Å². The Bertz CT molecular complexity index is 2030. The van der Waals surface area contributed by atoms with E-state index in [1.54, 1.807) is 55.6 Å². The molecule has 1 fully saturated rings. The number of anilines is 1. The number of nitrogens with zero attached hydrogens (tertiary/aromatic N) is 3. The predicted molar refractivity (Wildman–Crippen MR) is 183 cm³/mol. The van der Waals surface area contributed by atoms with Gasteiger partial charge < -0.3 is 19.4 Å². The van der Waals surface area contributed by atoms with Crippen LogP contribution in [-0.4, -0.2) is 52.6 Å². The molecule has 0 unspecified atom stereocenters. The summed E-state index contributed by atoms with van der Waals surface area (Å²) in [6.45, 7) is 1.50. The van der Waals surface area contributed by atoms with E-state index in [2.05, 4.69) is 20.9 Å². The summed E-state index contributed by atoms with van der Waals surface area (Å²) in [5, 5.41) is 3.54. The maximum atomic E-state index is 16.2. The van der Waals surface area contributed by atoms with Crippen LogP contribution in [0.1, 0.15) is 51.1 Å². The quantitative estimate of drug-likeness (QED) is 0.170. The Morgan fingerprint density at radius 2 is 1.75 bits per heavy atom. The Morgan fingerprint density at radius 3 is 2.54 bits per heavy atom. The largest absolute Gasteiger partial charge is 0.465 e. The number of hydrogen-bond acceptors (Lipinski definition) is 6. The number of hydrogen-bond donors (Lipinski definition) is 1. The molecular weight excluding hydrogens is 654 g/mol. The Balaban J connectivity index is 1.41. The molecule has 11 heteroatoms. The van der Waals surface area contributed by atoms with Gasteiger partial charge in [-0.25, -0.2) is 14.2 Å². The van der Waals surface area contributed by atoms with Gasteiger partial charge in [0.2, 0.25) is 5.91 Å². The third-order valence-electron chi connectivity index (χ3n) is 9.44. The highest BCUT2D eigenvalue weighted by molar-refractivity contribution is 6.31. The minimum Gasteiger partial charge on any atom is -0.465 e. The van der Waals surface area contributed by atoms with Crippen molar-refractivity contribution in [2.24, 2.45) is 0 Å². The second-order valence-corrected chi connectivity index (χ2v) is 13.1. The van der Waals surface area contributed by atoms with Crippen LogP contribution in [0.5, 0.6) is 0 Å². The van der Waals surface area contributed by atoms with E-state index in [-0.39, 0.29) is 17.0 Å². The van der Waals surface area contributed by atoms with Crippen molar-refractivity contribution in [1.29, 1.82) is 0 Å². The Labute approximate surface area is 287 Å². The average molecular weight is 688 g/mol. The first-order valence-corrected chi connectivity index (χ1v) is 16.4. The summed E-state index contributed by atoms with van der Waals surface area (Å²) in [5.41, 5.74) is 4.76. The molecule has 7 rings (SSSR count). The van der Waals surface area contributed by atoms with Crippen LogP contribution in [-0.2, 0) is 34.0 Å². The van der Waals surface area contributed by atoms with E-state index in [1.807, 2.05) is 24.3 Å². The molecule has 1 saturated heterocycles. The van der Waals surface area contributed by atoms with E-state index in [9.17, 15) is 9.59 Å². The van der Waals surface area contributed by atoms with Gasteiger partial charge in [-0.15, -0.1) is 0 Å². The molecule has 3 heterocycles. The van der Waals surface area contributed by atoms with E-state index >= 15 is 4.39 Å². The number of rotatable bonds is 8. The van der Waals surface area contributed by atoms with E-state index in [0.29, 0.717) is 53.5 Å². The maximum Gasteiger partial charge on any atom is 0.337 e. The fourth-order valence-corrected chi connectivity index (χ4v) is 7.90. The van der Waals surface area contributed by atoms with Gasteiger partial charge in [-0.05, 0) is 65.6 Å². The summed E-state index contributed by atoms with van der Waals surface area (Å²) in [4.78, 5) is 34.3. The minimum absolute atomic E-state index is 0.0178. The third-order valence-corrected chi connectivity index (χ3v) is 9.97. The molecule has 1 aromatic heterocycles. The summed E-state index contributed by atoms with van der Waals surface area (Å²) in [5.74, 6) is -1.64. The van der Waals surface area contributed by atoms with Crippen molar-refractivity contribution in [3.63, 3.8) is 0 Å². The lowest BCUT2D eigenvalue weighted by molar-refractivity contribution is -0.121. The van der Waals surface area contributed by atoms with Gasteiger partial charge in [0.25, 0.3) is 0 Å². The van der Waals surface area contributed by atoms with Gasteiger partial charge in [0.1, 0.15) is 11.6 Å². The molecule has 5 aromatic rings. The second kappa shape index (κ2) is 13.3. The average Bonchev–Trinajstić information content (AvgIpc) is 3.61. The van der Waals surface area contributed by atoms with Crippen molar-refractivity contribution >= 4 is 51.8 Å². The number of fused-ring (bicyclic) bond motifs is 5. The Hall–Kier alpha value is -4.28. The van der Waals surface area contributed by atoms with Crippen molar-refractivity contribution in [2.75, 3.05) is 19.5 Å². The smallest absolute Gasteiger partial charge is 0.337 e. The molecule has 0 saturated carbocycles. The molecule has 2 aliphatic heterocycles. The molecular formula is C37H33Cl2FN4O4. The van der Waals surface area contributed by atoms with Gasteiger partial charge in [-0.3, -0.25) is 9.69 Å². The molecule has 1 N–H and O–H groups in total. The number of aryl methyl sites for hydroxylation is 1. The van der Waals surface area contributed by atoms with Crippen LogP contribution in [0, 0.1) is 5.82 Å². The second-order valence-electron chi connectivity index (χ2n) is 12.2. The fourth-order valence-electron chi connectivity index (χ4n) is 7.53. The lowest BCUT2D eigenvalue weighted by Gasteiger charge is -2.34. The molecule has 8 nitrogen and oxygen atoms in total. The Morgan fingerprint density at radius 1 is 0.958 bits per heavy atom. The number of nitrogens with one attached hydrogen (secondary N) is 1.